The number of rotatable bonds is 2. The normalized spacial score (nSPS) is 11.3. The molecule has 4 nitrogen and oxygen atoms in total. The number of carbonyl (C=O) groups is 1. The van der Waals surface area contributed by atoms with Gasteiger partial charge in [0.1, 0.15) is 11.4 Å². The molecule has 2 aromatic rings. The number of benzene rings is 2. The molecule has 0 heterocycles. The molecular weight excluding hydrogens is 381 g/mol. The molecular formula is C16H18INO3. The molecule has 0 aromatic heterocycles. The van der Waals surface area contributed by atoms with Crippen molar-refractivity contribution in [3.05, 3.63) is 33.9 Å². The van der Waals surface area contributed by atoms with Gasteiger partial charge in [-0.1, -0.05) is 6.07 Å². The first-order chi connectivity index (χ1) is 9.78. The molecule has 21 heavy (non-hydrogen) atoms. The van der Waals surface area contributed by atoms with Crippen molar-refractivity contribution in [3.63, 3.8) is 0 Å². The summed E-state index contributed by atoms with van der Waals surface area (Å²) in [4.78, 5) is 11.9. The van der Waals surface area contributed by atoms with E-state index in [-0.39, 0.29) is 0 Å². The second kappa shape index (κ2) is 6.09. The topological polar surface area (TPSA) is 47.6 Å². The number of fused-ring (bicyclic) bond motifs is 1. The van der Waals surface area contributed by atoms with Crippen LogP contribution < -0.4 is 10.1 Å². The highest BCUT2D eigenvalue weighted by Gasteiger charge is 2.17. The minimum atomic E-state index is -0.518. The summed E-state index contributed by atoms with van der Waals surface area (Å²) in [7, 11) is 1.63. The predicted octanol–water partition coefficient (Wildman–Crippen LogP) is 4.80. The van der Waals surface area contributed by atoms with Crippen LogP contribution in [0.1, 0.15) is 20.8 Å². The quantitative estimate of drug-likeness (QED) is 0.739. The Morgan fingerprint density at radius 1 is 1.14 bits per heavy atom. The lowest BCUT2D eigenvalue weighted by Gasteiger charge is -2.20. The van der Waals surface area contributed by atoms with Crippen molar-refractivity contribution in [2.24, 2.45) is 0 Å². The molecule has 0 atom stereocenters. The lowest BCUT2D eigenvalue weighted by Crippen LogP contribution is -2.27. The molecule has 0 aliphatic heterocycles. The average molecular weight is 399 g/mol. The summed E-state index contributed by atoms with van der Waals surface area (Å²) in [5.41, 5.74) is 0.209. The van der Waals surface area contributed by atoms with Gasteiger partial charge in [-0.3, -0.25) is 5.32 Å². The van der Waals surface area contributed by atoms with Crippen LogP contribution in [-0.4, -0.2) is 18.8 Å². The smallest absolute Gasteiger partial charge is 0.412 e. The maximum absolute atomic E-state index is 11.9. The maximum Gasteiger partial charge on any atom is 0.412 e. The number of anilines is 1. The van der Waals surface area contributed by atoms with E-state index < -0.39 is 11.7 Å². The van der Waals surface area contributed by atoms with Crippen molar-refractivity contribution in [3.8, 4) is 5.75 Å². The number of carbonyl (C=O) groups excluding carboxylic acids is 1. The highest BCUT2D eigenvalue weighted by atomic mass is 127. The highest BCUT2D eigenvalue weighted by Crippen LogP contribution is 2.28. The Hall–Kier alpha value is -1.50. The SMILES string of the molecule is COc1ccc2cc(I)c(NC(=O)OC(C)(C)C)cc2c1. The Morgan fingerprint density at radius 3 is 2.48 bits per heavy atom. The lowest BCUT2D eigenvalue weighted by atomic mass is 10.1. The van der Waals surface area contributed by atoms with Crippen LogP contribution in [0.25, 0.3) is 10.8 Å². The Labute approximate surface area is 138 Å². The van der Waals surface area contributed by atoms with E-state index in [1.54, 1.807) is 7.11 Å². The first-order valence-corrected chi connectivity index (χ1v) is 7.64. The monoisotopic (exact) mass is 399 g/mol. The molecule has 0 bridgehead atoms. The highest BCUT2D eigenvalue weighted by molar-refractivity contribution is 14.1. The molecule has 0 saturated carbocycles. The van der Waals surface area contributed by atoms with Crippen molar-refractivity contribution in [2.45, 2.75) is 26.4 Å². The molecule has 2 aromatic carbocycles. The minimum absolute atomic E-state index is 0.456. The number of amides is 1. The summed E-state index contributed by atoms with van der Waals surface area (Å²) in [6.07, 6.45) is -0.456. The van der Waals surface area contributed by atoms with Crippen LogP contribution in [0.2, 0.25) is 0 Å². The average Bonchev–Trinajstić information content (AvgIpc) is 2.37. The second-order valence-corrected chi connectivity index (χ2v) is 6.83. The summed E-state index contributed by atoms with van der Waals surface area (Å²) in [5, 5.41) is 4.88. The zero-order valence-electron chi connectivity index (χ0n) is 12.5. The number of halogens is 1. The van der Waals surface area contributed by atoms with Gasteiger partial charge in [0.05, 0.1) is 12.8 Å². The summed E-state index contributed by atoms with van der Waals surface area (Å²) >= 11 is 2.20. The largest absolute Gasteiger partial charge is 0.497 e. The van der Waals surface area contributed by atoms with Crippen LogP contribution >= 0.6 is 22.6 Å². The molecule has 5 heteroatoms. The molecule has 112 valence electrons. The van der Waals surface area contributed by atoms with Crippen molar-refractivity contribution < 1.29 is 14.3 Å². The van der Waals surface area contributed by atoms with Crippen LogP contribution in [0.3, 0.4) is 0 Å². The van der Waals surface area contributed by atoms with Crippen LogP contribution in [0.4, 0.5) is 10.5 Å². The van der Waals surface area contributed by atoms with Crippen LogP contribution in [0.15, 0.2) is 30.3 Å². The predicted molar refractivity (Wildman–Crippen MR) is 93.1 cm³/mol. The van der Waals surface area contributed by atoms with Gasteiger partial charge in [-0.2, -0.15) is 0 Å². The number of hydrogen-bond donors (Lipinski definition) is 1. The minimum Gasteiger partial charge on any atom is -0.497 e. The van der Waals surface area contributed by atoms with Crippen molar-refractivity contribution >= 4 is 45.1 Å². The fourth-order valence-corrected chi connectivity index (χ4v) is 2.51. The molecule has 1 amide bonds. The molecule has 0 saturated heterocycles. The van der Waals surface area contributed by atoms with E-state index in [1.165, 1.54) is 0 Å². The van der Waals surface area contributed by atoms with E-state index in [0.717, 1.165) is 25.8 Å². The molecule has 0 unspecified atom stereocenters. The van der Waals surface area contributed by atoms with Crippen molar-refractivity contribution in [1.29, 1.82) is 0 Å². The van der Waals surface area contributed by atoms with E-state index in [1.807, 2.05) is 51.1 Å². The zero-order chi connectivity index (χ0) is 15.6. The third kappa shape index (κ3) is 4.23. The molecule has 1 N–H and O–H groups in total. The van der Waals surface area contributed by atoms with E-state index in [2.05, 4.69) is 27.9 Å². The fourth-order valence-electron chi connectivity index (χ4n) is 1.88. The van der Waals surface area contributed by atoms with Crippen LogP contribution in [0.5, 0.6) is 5.75 Å². The molecule has 0 radical (unpaired) electrons. The molecule has 0 spiro atoms. The van der Waals surface area contributed by atoms with Crippen molar-refractivity contribution in [1.82, 2.24) is 0 Å². The zero-order valence-corrected chi connectivity index (χ0v) is 14.6. The fraction of sp³-hybridized carbons (Fsp3) is 0.312. The van der Waals surface area contributed by atoms with Gasteiger partial charge in [-0.05, 0) is 78.4 Å². The van der Waals surface area contributed by atoms with E-state index >= 15 is 0 Å². The third-order valence-electron chi connectivity index (χ3n) is 2.77. The number of hydrogen-bond acceptors (Lipinski definition) is 3. The van der Waals surface area contributed by atoms with Gasteiger partial charge in [0.25, 0.3) is 0 Å². The summed E-state index contributed by atoms with van der Waals surface area (Å²) in [6.45, 7) is 5.51. The van der Waals surface area contributed by atoms with Crippen LogP contribution in [0, 0.1) is 3.57 Å². The number of nitrogens with one attached hydrogen (secondary N) is 1. The van der Waals surface area contributed by atoms with Gasteiger partial charge in [0, 0.05) is 3.57 Å². The van der Waals surface area contributed by atoms with Gasteiger partial charge in [-0.25, -0.2) is 4.79 Å². The van der Waals surface area contributed by atoms with Gasteiger partial charge < -0.3 is 9.47 Å². The summed E-state index contributed by atoms with van der Waals surface area (Å²) < 4.78 is 11.5. The number of methoxy groups -OCH3 is 1. The first kappa shape index (κ1) is 15.9. The van der Waals surface area contributed by atoms with Crippen molar-refractivity contribution in [2.75, 3.05) is 12.4 Å². The van der Waals surface area contributed by atoms with Crippen LogP contribution in [-0.2, 0) is 4.74 Å². The van der Waals surface area contributed by atoms with E-state index in [4.69, 9.17) is 9.47 Å². The Kier molecular flexibility index (Phi) is 4.61. The first-order valence-electron chi connectivity index (χ1n) is 6.56. The van der Waals surface area contributed by atoms with E-state index in [0.29, 0.717) is 0 Å². The molecule has 0 aliphatic rings. The lowest BCUT2D eigenvalue weighted by molar-refractivity contribution is 0.0636. The maximum atomic E-state index is 11.9. The Bertz CT molecular complexity index is 677. The third-order valence-corrected chi connectivity index (χ3v) is 3.66. The summed E-state index contributed by atoms with van der Waals surface area (Å²) in [5.74, 6) is 0.784. The van der Waals surface area contributed by atoms with Gasteiger partial charge in [0.2, 0.25) is 0 Å². The summed E-state index contributed by atoms with van der Waals surface area (Å²) in [6, 6.07) is 9.78. The van der Waals surface area contributed by atoms with Gasteiger partial charge >= 0.3 is 6.09 Å². The second-order valence-electron chi connectivity index (χ2n) is 5.67. The number of ether oxygens (including phenoxy) is 2. The van der Waals surface area contributed by atoms with E-state index in [9.17, 15) is 4.79 Å². The van der Waals surface area contributed by atoms with Gasteiger partial charge in [0.15, 0.2) is 0 Å². The van der Waals surface area contributed by atoms with Gasteiger partial charge in [-0.15, -0.1) is 0 Å². The standard InChI is InChI=1S/C16H18INO3/c1-16(2,3)21-15(19)18-14-9-11-7-12(20-4)6-5-10(11)8-13(14)17/h5-9H,1-4H3,(H,18,19). The molecule has 0 aliphatic carbocycles. The molecule has 0 fully saturated rings. The Morgan fingerprint density at radius 2 is 1.86 bits per heavy atom. The Balaban J connectivity index is 2.31. The molecule has 2 rings (SSSR count).